The van der Waals surface area contributed by atoms with Gasteiger partial charge in [0, 0.05) is 36.6 Å². The fourth-order valence-corrected chi connectivity index (χ4v) is 2.75. The van der Waals surface area contributed by atoms with Gasteiger partial charge in [-0.15, -0.1) is 23.2 Å². The number of halogens is 2. The molecule has 0 aromatic heterocycles. The molecule has 5 nitrogen and oxygen atoms in total. The molecular weight excluding hydrogens is 327 g/mol. The summed E-state index contributed by atoms with van der Waals surface area (Å²) < 4.78 is 0. The monoisotopic (exact) mass is 348 g/mol. The lowest BCUT2D eigenvalue weighted by molar-refractivity contribution is -0.137. The normalized spacial score (nSPS) is 12.2. The number of hydrogen-bond acceptors (Lipinski definition) is 4. The van der Waals surface area contributed by atoms with E-state index in [4.69, 9.17) is 34.0 Å². The minimum absolute atomic E-state index is 0.0769. The first-order chi connectivity index (χ1) is 10.5. The first-order valence-electron chi connectivity index (χ1n) is 7.08. The van der Waals surface area contributed by atoms with Crippen LogP contribution in [0.1, 0.15) is 17.5 Å². The average molecular weight is 349 g/mol. The largest absolute Gasteiger partial charge is 0.481 e. The molecule has 1 aromatic carbocycles. The molecule has 0 unspecified atom stereocenters. The van der Waals surface area contributed by atoms with Gasteiger partial charge in [0.05, 0.1) is 13.0 Å². The molecule has 0 aliphatic rings. The minimum atomic E-state index is -0.925. The third-order valence-electron chi connectivity index (χ3n) is 3.29. The number of anilines is 1. The number of carboxylic acids is 1. The lowest BCUT2D eigenvalue weighted by atomic mass is 9.99. The Hall–Kier alpha value is -1.01. The summed E-state index contributed by atoms with van der Waals surface area (Å²) in [5, 5.41) is 18.1. The van der Waals surface area contributed by atoms with Crippen molar-refractivity contribution in [2.75, 3.05) is 29.7 Å². The van der Waals surface area contributed by atoms with Crippen LogP contribution in [0.3, 0.4) is 0 Å². The molecule has 0 radical (unpaired) electrons. The van der Waals surface area contributed by atoms with E-state index < -0.39 is 12.0 Å². The van der Waals surface area contributed by atoms with Crippen molar-refractivity contribution in [2.24, 2.45) is 5.73 Å². The molecule has 0 saturated heterocycles. The van der Waals surface area contributed by atoms with E-state index >= 15 is 0 Å². The van der Waals surface area contributed by atoms with E-state index in [1.807, 2.05) is 23.1 Å². The number of alkyl halides is 2. The smallest absolute Gasteiger partial charge is 0.304 e. The molecule has 0 aliphatic heterocycles. The first-order valence-corrected chi connectivity index (χ1v) is 8.15. The van der Waals surface area contributed by atoms with Crippen LogP contribution in [0.4, 0.5) is 5.69 Å². The molecule has 1 rings (SSSR count). The number of carbonyl (C=O) groups is 1. The van der Waals surface area contributed by atoms with E-state index in [2.05, 4.69) is 0 Å². The van der Waals surface area contributed by atoms with Crippen LogP contribution in [-0.4, -0.2) is 47.1 Å². The van der Waals surface area contributed by atoms with Gasteiger partial charge in [-0.3, -0.25) is 4.79 Å². The summed E-state index contributed by atoms with van der Waals surface area (Å²) in [6.07, 6.45) is 0.310. The molecule has 0 bridgehead atoms. The number of nitrogens with zero attached hydrogens (tertiary/aromatic N) is 1. The number of benzene rings is 1. The van der Waals surface area contributed by atoms with E-state index in [1.54, 1.807) is 0 Å². The highest BCUT2D eigenvalue weighted by molar-refractivity contribution is 6.18. The van der Waals surface area contributed by atoms with Gasteiger partial charge in [0.1, 0.15) is 0 Å². The summed E-state index contributed by atoms with van der Waals surface area (Å²) in [7, 11) is 0. The summed E-state index contributed by atoms with van der Waals surface area (Å²) >= 11 is 11.7. The van der Waals surface area contributed by atoms with Crippen LogP contribution in [0.25, 0.3) is 0 Å². The van der Waals surface area contributed by atoms with Crippen molar-refractivity contribution in [1.82, 2.24) is 0 Å². The summed E-state index contributed by atoms with van der Waals surface area (Å²) in [5.41, 5.74) is 8.49. The summed E-state index contributed by atoms with van der Waals surface area (Å²) in [6.45, 7) is 1.19. The molecule has 124 valence electrons. The van der Waals surface area contributed by atoms with Crippen molar-refractivity contribution < 1.29 is 15.0 Å². The lowest BCUT2D eigenvalue weighted by Crippen LogP contribution is -2.31. The quantitative estimate of drug-likeness (QED) is 0.561. The van der Waals surface area contributed by atoms with Crippen molar-refractivity contribution in [3.05, 3.63) is 29.3 Å². The Labute approximate surface area is 140 Å². The SMILES string of the molecule is N[C@H](CC(=O)O)Cc1cc(CO)ccc1N(CCCl)CCCl. The van der Waals surface area contributed by atoms with Crippen molar-refractivity contribution in [2.45, 2.75) is 25.5 Å². The van der Waals surface area contributed by atoms with Crippen LogP contribution in [0.2, 0.25) is 0 Å². The number of aliphatic hydroxyl groups excluding tert-OH is 1. The maximum absolute atomic E-state index is 10.8. The fourth-order valence-electron chi connectivity index (χ4n) is 2.34. The Kier molecular flexibility index (Phi) is 8.56. The van der Waals surface area contributed by atoms with E-state index in [0.29, 0.717) is 31.3 Å². The van der Waals surface area contributed by atoms with E-state index in [0.717, 1.165) is 16.8 Å². The predicted molar refractivity (Wildman–Crippen MR) is 90.0 cm³/mol. The summed E-state index contributed by atoms with van der Waals surface area (Å²) in [6, 6.07) is 5.09. The van der Waals surface area contributed by atoms with Crippen molar-refractivity contribution in [3.63, 3.8) is 0 Å². The molecule has 0 saturated carbocycles. The molecule has 4 N–H and O–H groups in total. The third kappa shape index (κ3) is 6.01. The van der Waals surface area contributed by atoms with E-state index in [9.17, 15) is 9.90 Å². The topological polar surface area (TPSA) is 86.8 Å². The first kappa shape index (κ1) is 19.0. The Morgan fingerprint density at radius 3 is 2.41 bits per heavy atom. The maximum atomic E-state index is 10.8. The van der Waals surface area contributed by atoms with Crippen LogP contribution >= 0.6 is 23.2 Å². The molecule has 1 atom stereocenters. The second-order valence-corrected chi connectivity index (χ2v) is 5.80. The van der Waals surface area contributed by atoms with Crippen molar-refractivity contribution >= 4 is 34.9 Å². The molecule has 7 heteroatoms. The lowest BCUT2D eigenvalue weighted by Gasteiger charge is -2.27. The number of aliphatic carboxylic acids is 1. The van der Waals surface area contributed by atoms with E-state index in [-0.39, 0.29) is 13.0 Å². The molecular formula is C15H22Cl2N2O3. The van der Waals surface area contributed by atoms with Gasteiger partial charge in [0.2, 0.25) is 0 Å². The molecule has 0 fully saturated rings. The Balaban J connectivity index is 3.05. The van der Waals surface area contributed by atoms with Gasteiger partial charge in [-0.2, -0.15) is 0 Å². The summed E-state index contributed by atoms with van der Waals surface area (Å²) in [5.74, 6) is -0.0100. The number of carboxylic acid groups (broad SMARTS) is 1. The number of nitrogens with two attached hydrogens (primary N) is 1. The number of rotatable bonds is 10. The highest BCUT2D eigenvalue weighted by Crippen LogP contribution is 2.24. The number of aliphatic hydroxyl groups is 1. The summed E-state index contributed by atoms with van der Waals surface area (Å²) in [4.78, 5) is 12.8. The zero-order chi connectivity index (χ0) is 16.5. The second-order valence-electron chi connectivity index (χ2n) is 5.05. The maximum Gasteiger partial charge on any atom is 0.304 e. The Morgan fingerprint density at radius 2 is 1.91 bits per heavy atom. The minimum Gasteiger partial charge on any atom is -0.481 e. The van der Waals surface area contributed by atoms with Gasteiger partial charge in [0.15, 0.2) is 0 Å². The zero-order valence-corrected chi connectivity index (χ0v) is 13.9. The molecule has 0 amide bonds. The van der Waals surface area contributed by atoms with Gasteiger partial charge >= 0.3 is 5.97 Å². The fraction of sp³-hybridized carbons (Fsp3) is 0.533. The number of hydrogen-bond donors (Lipinski definition) is 3. The highest BCUT2D eigenvalue weighted by Gasteiger charge is 2.16. The molecule has 0 aliphatic carbocycles. The standard InChI is InChI=1S/C15H22Cl2N2O3/c16-3-5-19(6-4-17)14-2-1-11(10-20)7-12(14)8-13(18)9-15(21)22/h1-2,7,13,20H,3-6,8-10,18H2,(H,21,22)/t13-/m0/s1. The van der Waals surface area contributed by atoms with Crippen LogP contribution in [0.5, 0.6) is 0 Å². The van der Waals surface area contributed by atoms with Crippen LogP contribution < -0.4 is 10.6 Å². The second kappa shape index (κ2) is 9.90. The van der Waals surface area contributed by atoms with Crippen molar-refractivity contribution in [1.29, 1.82) is 0 Å². The predicted octanol–water partition coefficient (Wildman–Crippen LogP) is 1.81. The molecule has 1 aromatic rings. The Bertz CT molecular complexity index is 480. The van der Waals surface area contributed by atoms with Crippen LogP contribution in [0, 0.1) is 0 Å². The van der Waals surface area contributed by atoms with Gasteiger partial charge < -0.3 is 20.8 Å². The molecule has 22 heavy (non-hydrogen) atoms. The third-order valence-corrected chi connectivity index (χ3v) is 3.63. The molecule has 0 heterocycles. The van der Waals surface area contributed by atoms with Gasteiger partial charge in [0.25, 0.3) is 0 Å². The van der Waals surface area contributed by atoms with E-state index in [1.165, 1.54) is 0 Å². The average Bonchev–Trinajstić information content (AvgIpc) is 2.46. The van der Waals surface area contributed by atoms with Gasteiger partial charge in [-0.25, -0.2) is 0 Å². The molecule has 0 spiro atoms. The van der Waals surface area contributed by atoms with Crippen molar-refractivity contribution in [3.8, 4) is 0 Å². The van der Waals surface area contributed by atoms with Gasteiger partial charge in [-0.1, -0.05) is 12.1 Å². The zero-order valence-electron chi connectivity index (χ0n) is 12.3. The highest BCUT2D eigenvalue weighted by atomic mass is 35.5. The van der Waals surface area contributed by atoms with Gasteiger partial charge in [-0.05, 0) is 23.6 Å². The van der Waals surface area contributed by atoms with Crippen LogP contribution in [0.15, 0.2) is 18.2 Å². The Morgan fingerprint density at radius 1 is 1.27 bits per heavy atom. The van der Waals surface area contributed by atoms with Crippen LogP contribution in [-0.2, 0) is 17.8 Å².